The van der Waals surface area contributed by atoms with Gasteiger partial charge in [0.2, 0.25) is 0 Å². The van der Waals surface area contributed by atoms with Crippen molar-refractivity contribution in [3.8, 4) is 0 Å². The van der Waals surface area contributed by atoms with Gasteiger partial charge >= 0.3 is 0 Å². The van der Waals surface area contributed by atoms with E-state index in [0.717, 1.165) is 12.8 Å². The Hall–Kier alpha value is -0.270. The maximum Gasteiger partial charge on any atom is 0.127 e. The van der Waals surface area contributed by atoms with Crippen LogP contribution in [-0.2, 0) is 6.42 Å². The molecule has 1 aliphatic rings. The lowest BCUT2D eigenvalue weighted by atomic mass is 9.98. The zero-order chi connectivity index (χ0) is 11.1. The van der Waals surface area contributed by atoms with Crippen molar-refractivity contribution < 1.29 is 4.39 Å². The van der Waals surface area contributed by atoms with E-state index in [-0.39, 0.29) is 16.6 Å². The molecular weight excluding hydrogens is 234 g/mol. The van der Waals surface area contributed by atoms with Gasteiger partial charge in [-0.1, -0.05) is 24.6 Å². The molecule has 1 saturated carbocycles. The maximum absolute atomic E-state index is 13.5. The summed E-state index contributed by atoms with van der Waals surface area (Å²) in [7, 11) is 0. The van der Waals surface area contributed by atoms with Crippen LogP contribution in [0.3, 0.4) is 0 Å². The molecule has 1 aromatic rings. The Morgan fingerprint density at radius 3 is 2.67 bits per heavy atom. The molecular formula is C12H13Cl2F. The summed E-state index contributed by atoms with van der Waals surface area (Å²) in [6.07, 6.45) is 2.78. The van der Waals surface area contributed by atoms with Gasteiger partial charge in [-0.2, -0.15) is 0 Å². The Morgan fingerprint density at radius 2 is 2.13 bits per heavy atom. The normalized spacial score (nSPS) is 20.0. The lowest BCUT2D eigenvalue weighted by molar-refractivity contribution is 0.515. The number of benzene rings is 1. The second kappa shape index (κ2) is 3.95. The van der Waals surface area contributed by atoms with Crippen molar-refractivity contribution in [1.29, 1.82) is 0 Å². The van der Waals surface area contributed by atoms with Gasteiger partial charge in [0.15, 0.2) is 0 Å². The molecule has 0 nitrogen and oxygen atoms in total. The van der Waals surface area contributed by atoms with E-state index >= 15 is 0 Å². The third-order valence-electron chi connectivity index (χ3n) is 3.24. The van der Waals surface area contributed by atoms with Crippen LogP contribution in [0.15, 0.2) is 18.2 Å². The lowest BCUT2D eigenvalue weighted by Crippen LogP contribution is -2.16. The van der Waals surface area contributed by atoms with E-state index in [1.165, 1.54) is 6.07 Å². The smallest absolute Gasteiger partial charge is 0.127 e. The summed E-state index contributed by atoms with van der Waals surface area (Å²) in [6, 6.07) is 4.75. The standard InChI is InChI=1S/C12H13Cl2F/c1-12(5-6-12)11(14)7-8-9(13)3-2-4-10(8)15/h2-4,11H,5-7H2,1H3. The Balaban J connectivity index is 2.16. The Labute approximate surface area is 99.4 Å². The molecule has 1 aromatic carbocycles. The van der Waals surface area contributed by atoms with Crippen LogP contribution in [0.1, 0.15) is 25.3 Å². The number of alkyl halides is 1. The minimum absolute atomic E-state index is 0.0214. The SMILES string of the molecule is CC1(C(Cl)Cc2c(F)cccc2Cl)CC1. The average Bonchev–Trinajstić information content (AvgIpc) is 2.91. The molecule has 0 N–H and O–H groups in total. The molecule has 2 rings (SSSR count). The van der Waals surface area contributed by atoms with Gasteiger partial charge in [0.05, 0.1) is 0 Å². The number of rotatable bonds is 3. The van der Waals surface area contributed by atoms with Crippen molar-refractivity contribution in [3.63, 3.8) is 0 Å². The summed E-state index contributed by atoms with van der Waals surface area (Å²) in [5, 5.41) is 0.455. The van der Waals surface area contributed by atoms with E-state index in [2.05, 4.69) is 6.92 Å². The Bertz CT molecular complexity index is 352. The fourth-order valence-electron chi connectivity index (χ4n) is 1.66. The average molecular weight is 247 g/mol. The van der Waals surface area contributed by atoms with Crippen LogP contribution >= 0.6 is 23.2 Å². The van der Waals surface area contributed by atoms with E-state index < -0.39 is 0 Å². The Morgan fingerprint density at radius 1 is 1.47 bits per heavy atom. The molecule has 0 radical (unpaired) electrons. The van der Waals surface area contributed by atoms with Crippen molar-refractivity contribution in [2.45, 2.75) is 31.6 Å². The molecule has 1 aliphatic carbocycles. The van der Waals surface area contributed by atoms with Crippen LogP contribution in [0.4, 0.5) is 4.39 Å². The molecule has 0 spiro atoms. The number of halogens is 3. The van der Waals surface area contributed by atoms with E-state index in [4.69, 9.17) is 23.2 Å². The Kier molecular flexibility index (Phi) is 2.96. The van der Waals surface area contributed by atoms with E-state index in [1.807, 2.05) is 0 Å². The van der Waals surface area contributed by atoms with Crippen molar-refractivity contribution in [3.05, 3.63) is 34.6 Å². The van der Waals surface area contributed by atoms with Crippen molar-refractivity contribution in [2.24, 2.45) is 5.41 Å². The second-order valence-corrected chi connectivity index (χ2v) is 5.46. The first kappa shape index (κ1) is 11.2. The predicted octanol–water partition coefficient (Wildman–Crippen LogP) is 4.43. The highest BCUT2D eigenvalue weighted by Crippen LogP contribution is 2.51. The highest BCUT2D eigenvalue weighted by Gasteiger charge is 2.44. The molecule has 0 aliphatic heterocycles. The van der Waals surface area contributed by atoms with E-state index in [0.29, 0.717) is 17.0 Å². The van der Waals surface area contributed by atoms with Gasteiger partial charge in [0.1, 0.15) is 5.82 Å². The van der Waals surface area contributed by atoms with E-state index in [1.54, 1.807) is 12.1 Å². The van der Waals surface area contributed by atoms with Crippen LogP contribution in [0.5, 0.6) is 0 Å². The topological polar surface area (TPSA) is 0 Å². The molecule has 1 atom stereocenters. The zero-order valence-corrected chi connectivity index (χ0v) is 10.1. The molecule has 0 amide bonds. The zero-order valence-electron chi connectivity index (χ0n) is 8.56. The molecule has 0 heterocycles. The van der Waals surface area contributed by atoms with Crippen LogP contribution < -0.4 is 0 Å². The largest absolute Gasteiger partial charge is 0.207 e. The third kappa shape index (κ3) is 2.29. The fraction of sp³-hybridized carbons (Fsp3) is 0.500. The summed E-state index contributed by atoms with van der Waals surface area (Å²) < 4.78 is 13.5. The first-order valence-electron chi connectivity index (χ1n) is 5.10. The molecule has 1 unspecified atom stereocenters. The monoisotopic (exact) mass is 246 g/mol. The van der Waals surface area contributed by atoms with E-state index in [9.17, 15) is 4.39 Å². The van der Waals surface area contributed by atoms with Gasteiger partial charge < -0.3 is 0 Å². The second-order valence-electron chi connectivity index (χ2n) is 4.53. The molecule has 0 bridgehead atoms. The highest BCUT2D eigenvalue weighted by atomic mass is 35.5. The summed E-state index contributed by atoms with van der Waals surface area (Å²) in [5.41, 5.74) is 0.736. The highest BCUT2D eigenvalue weighted by molar-refractivity contribution is 6.31. The number of hydrogen-bond acceptors (Lipinski definition) is 0. The molecule has 15 heavy (non-hydrogen) atoms. The molecule has 1 fully saturated rings. The van der Waals surface area contributed by atoms with Crippen molar-refractivity contribution >= 4 is 23.2 Å². The first-order chi connectivity index (χ1) is 7.03. The quantitative estimate of drug-likeness (QED) is 0.693. The predicted molar refractivity (Wildman–Crippen MR) is 62.1 cm³/mol. The van der Waals surface area contributed by atoms with Gasteiger partial charge in [0.25, 0.3) is 0 Å². The van der Waals surface area contributed by atoms with Gasteiger partial charge in [-0.3, -0.25) is 0 Å². The maximum atomic E-state index is 13.5. The van der Waals surface area contributed by atoms with Crippen molar-refractivity contribution in [1.82, 2.24) is 0 Å². The third-order valence-corrected chi connectivity index (χ3v) is 4.28. The molecule has 3 heteroatoms. The fourth-order valence-corrected chi connectivity index (χ4v) is 2.28. The molecule has 0 aromatic heterocycles. The first-order valence-corrected chi connectivity index (χ1v) is 5.91. The van der Waals surface area contributed by atoms with Gasteiger partial charge in [-0.15, -0.1) is 11.6 Å². The van der Waals surface area contributed by atoms with Crippen molar-refractivity contribution in [2.75, 3.05) is 0 Å². The summed E-state index contributed by atoms with van der Waals surface area (Å²) >= 11 is 12.2. The summed E-state index contributed by atoms with van der Waals surface area (Å²) in [6.45, 7) is 2.14. The molecule has 82 valence electrons. The van der Waals surface area contributed by atoms with Gasteiger partial charge in [0, 0.05) is 16.0 Å². The number of hydrogen-bond donors (Lipinski definition) is 0. The summed E-state index contributed by atoms with van der Waals surface area (Å²) in [4.78, 5) is 0. The summed E-state index contributed by atoms with van der Waals surface area (Å²) in [5.74, 6) is -0.252. The minimum Gasteiger partial charge on any atom is -0.207 e. The van der Waals surface area contributed by atoms with Crippen LogP contribution in [0.25, 0.3) is 0 Å². The lowest BCUT2D eigenvalue weighted by Gasteiger charge is -2.17. The molecule has 0 saturated heterocycles. The van der Waals surface area contributed by atoms with Gasteiger partial charge in [-0.25, -0.2) is 4.39 Å². The van der Waals surface area contributed by atoms with Crippen LogP contribution in [0, 0.1) is 11.2 Å². The van der Waals surface area contributed by atoms with Crippen LogP contribution in [-0.4, -0.2) is 5.38 Å². The minimum atomic E-state index is -0.252. The van der Waals surface area contributed by atoms with Gasteiger partial charge in [-0.05, 0) is 36.8 Å². The van der Waals surface area contributed by atoms with Crippen LogP contribution in [0.2, 0.25) is 5.02 Å².